The van der Waals surface area contributed by atoms with E-state index in [4.69, 9.17) is 15.2 Å². The van der Waals surface area contributed by atoms with Crippen LogP contribution in [0.3, 0.4) is 0 Å². The predicted octanol–water partition coefficient (Wildman–Crippen LogP) is 3.45. The molecule has 1 aromatic heterocycles. The largest absolute Gasteiger partial charge is 0.490 e. The molecule has 1 aliphatic rings. The monoisotopic (exact) mass is 537 g/mol. The van der Waals surface area contributed by atoms with Crippen LogP contribution in [0.4, 0.5) is 9.59 Å². The average Bonchev–Trinajstić information content (AvgIpc) is 3.16. The fourth-order valence-electron chi connectivity index (χ4n) is 4.99. The molecule has 10 heteroatoms. The molecule has 0 bridgehead atoms. The van der Waals surface area contributed by atoms with Crippen LogP contribution >= 0.6 is 0 Å². The molecular formula is C29H39N5O5. The second kappa shape index (κ2) is 11.9. The Hall–Kier alpha value is -3.79. The van der Waals surface area contributed by atoms with Crippen molar-refractivity contribution in [3.8, 4) is 5.75 Å². The zero-order valence-corrected chi connectivity index (χ0v) is 23.2. The molecule has 0 saturated carbocycles. The van der Waals surface area contributed by atoms with Gasteiger partial charge in [0.15, 0.2) is 6.10 Å². The number of benzene rings is 2. The van der Waals surface area contributed by atoms with Crippen molar-refractivity contribution in [2.45, 2.75) is 45.1 Å². The zero-order chi connectivity index (χ0) is 28.2. The van der Waals surface area contributed by atoms with Gasteiger partial charge in [-0.05, 0) is 67.1 Å². The van der Waals surface area contributed by atoms with Gasteiger partial charge < -0.3 is 20.5 Å². The number of hydrogen-bond donors (Lipinski definition) is 2. The quantitative estimate of drug-likeness (QED) is 0.454. The molecule has 39 heavy (non-hydrogen) atoms. The maximum absolute atomic E-state index is 12.9. The molecular weight excluding hydrogens is 498 g/mol. The van der Waals surface area contributed by atoms with Gasteiger partial charge in [-0.15, -0.1) is 0 Å². The fraction of sp³-hybridized carbons (Fsp3) is 0.483. The molecule has 4 rings (SSSR count). The van der Waals surface area contributed by atoms with Gasteiger partial charge in [0.25, 0.3) is 0 Å². The molecule has 1 atom stereocenters. The van der Waals surface area contributed by atoms with E-state index in [1.165, 1.54) is 14.7 Å². The fourth-order valence-corrected chi connectivity index (χ4v) is 4.99. The summed E-state index contributed by atoms with van der Waals surface area (Å²) in [5.74, 6) is 0.991. The van der Waals surface area contributed by atoms with E-state index in [-0.39, 0.29) is 23.6 Å². The topological polar surface area (TPSA) is 121 Å². The lowest BCUT2D eigenvalue weighted by Gasteiger charge is -2.33. The zero-order valence-electron chi connectivity index (χ0n) is 23.2. The smallest absolute Gasteiger partial charge is 0.404 e. The standard InChI is InChI=1S/C29H39N5O5/c1-29(2,3)21-9-11-22(12-10-21)38-19-23(39-26(30)35)18-33-15-13-20(14-16-33)17-31-27(36)34-25-8-6-5-7-24(25)32(4)28(34)37/h5-12,20,23H,13-19H2,1-4H3,(H2,30,35)(H,31,36). The highest BCUT2D eigenvalue weighted by Gasteiger charge is 2.25. The summed E-state index contributed by atoms with van der Waals surface area (Å²) in [5.41, 5.74) is 7.52. The molecule has 2 heterocycles. The molecule has 2 aromatic carbocycles. The van der Waals surface area contributed by atoms with Crippen LogP contribution in [0.5, 0.6) is 5.75 Å². The van der Waals surface area contributed by atoms with Gasteiger partial charge in [-0.3, -0.25) is 9.47 Å². The molecule has 1 saturated heterocycles. The summed E-state index contributed by atoms with van der Waals surface area (Å²) in [6.45, 7) is 9.23. The number of likely N-dealkylation sites (tertiary alicyclic amines) is 1. The van der Waals surface area contributed by atoms with Crippen molar-refractivity contribution in [1.29, 1.82) is 0 Å². The van der Waals surface area contributed by atoms with Gasteiger partial charge in [0.1, 0.15) is 12.4 Å². The van der Waals surface area contributed by atoms with Crippen LogP contribution in [0.15, 0.2) is 53.3 Å². The lowest BCUT2D eigenvalue weighted by Crippen LogP contribution is -2.45. The SMILES string of the molecule is Cn1c(=O)n(C(=O)NCC2CCN(CC(COc3ccc(C(C)(C)C)cc3)OC(N)=O)CC2)c2ccccc21. The van der Waals surface area contributed by atoms with Gasteiger partial charge in [-0.1, -0.05) is 45.0 Å². The number of fused-ring (bicyclic) bond motifs is 1. The normalized spacial score (nSPS) is 15.7. The highest BCUT2D eigenvalue weighted by Crippen LogP contribution is 2.24. The summed E-state index contributed by atoms with van der Waals surface area (Å²) >= 11 is 0. The number of para-hydroxylation sites is 2. The summed E-state index contributed by atoms with van der Waals surface area (Å²) in [7, 11) is 1.66. The van der Waals surface area contributed by atoms with E-state index in [0.29, 0.717) is 29.9 Å². The molecule has 10 nitrogen and oxygen atoms in total. The summed E-state index contributed by atoms with van der Waals surface area (Å²) in [4.78, 5) is 39.2. The molecule has 210 valence electrons. The van der Waals surface area contributed by atoms with Crippen LogP contribution in [0.25, 0.3) is 11.0 Å². The van der Waals surface area contributed by atoms with Crippen LogP contribution in [-0.4, -0.2) is 65.0 Å². The molecule has 1 fully saturated rings. The Morgan fingerprint density at radius 3 is 2.31 bits per heavy atom. The van der Waals surface area contributed by atoms with E-state index >= 15 is 0 Å². The van der Waals surface area contributed by atoms with Gasteiger partial charge in [0.2, 0.25) is 0 Å². The van der Waals surface area contributed by atoms with E-state index in [1.54, 1.807) is 13.1 Å². The predicted molar refractivity (Wildman–Crippen MR) is 150 cm³/mol. The molecule has 2 amide bonds. The minimum atomic E-state index is -0.826. The maximum atomic E-state index is 12.9. The molecule has 3 N–H and O–H groups in total. The summed E-state index contributed by atoms with van der Waals surface area (Å²) in [6.07, 6.45) is 0.402. The van der Waals surface area contributed by atoms with Gasteiger partial charge >= 0.3 is 17.8 Å². The van der Waals surface area contributed by atoms with E-state index < -0.39 is 18.2 Å². The van der Waals surface area contributed by atoms with Crippen molar-refractivity contribution in [2.75, 3.05) is 32.8 Å². The summed E-state index contributed by atoms with van der Waals surface area (Å²) in [6, 6.07) is 14.8. The molecule has 3 aromatic rings. The first-order valence-electron chi connectivity index (χ1n) is 13.4. The van der Waals surface area contributed by atoms with Gasteiger partial charge in [-0.2, -0.15) is 0 Å². The lowest BCUT2D eigenvalue weighted by atomic mass is 9.87. The number of nitrogens with one attached hydrogen (secondary N) is 1. The van der Waals surface area contributed by atoms with Crippen molar-refractivity contribution in [3.05, 3.63) is 64.6 Å². The number of rotatable bonds is 8. The Bertz CT molecular complexity index is 1350. The second-order valence-corrected chi connectivity index (χ2v) is 11.2. The van der Waals surface area contributed by atoms with Crippen LogP contribution in [-0.2, 0) is 17.2 Å². The number of nitrogens with zero attached hydrogens (tertiary/aromatic N) is 3. The van der Waals surface area contributed by atoms with Gasteiger partial charge in [0, 0.05) is 20.1 Å². The molecule has 0 aliphatic carbocycles. The lowest BCUT2D eigenvalue weighted by molar-refractivity contribution is 0.0368. The number of carbonyl (C=O) groups is 2. The third kappa shape index (κ3) is 7.00. The van der Waals surface area contributed by atoms with Crippen LogP contribution in [0, 0.1) is 5.92 Å². The molecule has 0 radical (unpaired) electrons. The van der Waals surface area contributed by atoms with E-state index in [1.807, 2.05) is 42.5 Å². The van der Waals surface area contributed by atoms with Crippen molar-refractivity contribution in [1.82, 2.24) is 19.4 Å². The van der Waals surface area contributed by atoms with E-state index in [2.05, 4.69) is 31.0 Å². The number of piperidine rings is 1. The Labute approximate surface area is 228 Å². The highest BCUT2D eigenvalue weighted by molar-refractivity contribution is 5.89. The molecule has 1 unspecified atom stereocenters. The number of carbonyl (C=O) groups excluding carboxylic acids is 2. The van der Waals surface area contributed by atoms with Gasteiger partial charge in [-0.25, -0.2) is 19.0 Å². The van der Waals surface area contributed by atoms with Crippen molar-refractivity contribution < 1.29 is 19.1 Å². The van der Waals surface area contributed by atoms with Crippen LogP contribution in [0.1, 0.15) is 39.2 Å². The van der Waals surface area contributed by atoms with Crippen LogP contribution < -0.4 is 21.5 Å². The van der Waals surface area contributed by atoms with Gasteiger partial charge in [0.05, 0.1) is 11.0 Å². The molecule has 0 spiro atoms. The third-order valence-corrected chi connectivity index (χ3v) is 7.32. The summed E-state index contributed by atoms with van der Waals surface area (Å²) in [5, 5.41) is 2.93. The minimum Gasteiger partial charge on any atom is -0.490 e. The Morgan fingerprint density at radius 2 is 1.69 bits per heavy atom. The number of primary amides is 1. The van der Waals surface area contributed by atoms with E-state index in [0.717, 1.165) is 25.9 Å². The van der Waals surface area contributed by atoms with E-state index in [9.17, 15) is 14.4 Å². The second-order valence-electron chi connectivity index (χ2n) is 11.2. The number of amides is 2. The summed E-state index contributed by atoms with van der Waals surface area (Å²) < 4.78 is 13.9. The number of hydrogen-bond acceptors (Lipinski definition) is 6. The Balaban J connectivity index is 1.26. The first kappa shape index (κ1) is 28.2. The number of aromatic nitrogens is 2. The van der Waals surface area contributed by atoms with Crippen molar-refractivity contribution in [2.24, 2.45) is 18.7 Å². The maximum Gasteiger partial charge on any atom is 0.404 e. The van der Waals surface area contributed by atoms with Crippen molar-refractivity contribution >= 4 is 23.2 Å². The van der Waals surface area contributed by atoms with Crippen LogP contribution in [0.2, 0.25) is 0 Å². The first-order chi connectivity index (χ1) is 18.5. The first-order valence-corrected chi connectivity index (χ1v) is 13.4. The minimum absolute atomic E-state index is 0.0544. The average molecular weight is 538 g/mol. The number of ether oxygens (including phenoxy) is 2. The molecule has 1 aliphatic heterocycles. The highest BCUT2D eigenvalue weighted by atomic mass is 16.6. The third-order valence-electron chi connectivity index (χ3n) is 7.32. The Morgan fingerprint density at radius 1 is 1.05 bits per heavy atom. The number of imidazole rings is 1. The number of nitrogens with two attached hydrogens (primary N) is 1. The number of aryl methyl sites for hydroxylation is 1. The van der Waals surface area contributed by atoms with Crippen molar-refractivity contribution in [3.63, 3.8) is 0 Å². The Kier molecular flexibility index (Phi) is 8.64.